The van der Waals surface area contributed by atoms with E-state index in [1.54, 1.807) is 11.4 Å². The molecule has 0 bridgehead atoms. The molecule has 2 saturated heterocycles. The van der Waals surface area contributed by atoms with E-state index in [0.717, 1.165) is 44.3 Å². The van der Waals surface area contributed by atoms with Gasteiger partial charge in [0.15, 0.2) is 0 Å². The van der Waals surface area contributed by atoms with E-state index in [1.165, 1.54) is 29.3 Å². The van der Waals surface area contributed by atoms with Crippen molar-refractivity contribution in [3.05, 3.63) is 29.8 Å². The van der Waals surface area contributed by atoms with Crippen LogP contribution in [-0.4, -0.2) is 50.3 Å². The first kappa shape index (κ1) is 18.7. The Labute approximate surface area is 152 Å². The highest BCUT2D eigenvalue weighted by atomic mass is 32.2. The Morgan fingerprint density at radius 1 is 0.840 bits per heavy atom. The zero-order chi connectivity index (χ0) is 17.7. The molecule has 5 nitrogen and oxygen atoms in total. The lowest BCUT2D eigenvalue weighted by Crippen LogP contribution is -2.42. The van der Waals surface area contributed by atoms with Gasteiger partial charge in [-0.25, -0.2) is 0 Å². The second-order valence-electron chi connectivity index (χ2n) is 7.29. The maximum atomic E-state index is 12.8. The molecule has 0 spiro atoms. The third kappa shape index (κ3) is 4.74. The van der Waals surface area contributed by atoms with Crippen LogP contribution in [0, 0.1) is 0 Å². The predicted molar refractivity (Wildman–Crippen MR) is 103 cm³/mol. The van der Waals surface area contributed by atoms with Crippen LogP contribution < -0.4 is 4.90 Å². The zero-order valence-corrected chi connectivity index (χ0v) is 16.2. The van der Waals surface area contributed by atoms with Crippen molar-refractivity contribution in [2.75, 3.05) is 38.1 Å². The number of rotatable bonds is 5. The molecule has 0 unspecified atom stereocenters. The first-order chi connectivity index (χ1) is 12.1. The predicted octanol–water partition coefficient (Wildman–Crippen LogP) is 3.23. The maximum absolute atomic E-state index is 12.8. The molecule has 0 aromatic heterocycles. The molecule has 140 valence electrons. The third-order valence-electron chi connectivity index (χ3n) is 5.35. The Morgan fingerprint density at radius 3 is 1.96 bits per heavy atom. The summed E-state index contributed by atoms with van der Waals surface area (Å²) >= 11 is 0. The highest BCUT2D eigenvalue weighted by molar-refractivity contribution is 7.86. The number of hydrogen-bond acceptors (Lipinski definition) is 3. The molecule has 0 atom stereocenters. The molecule has 6 heteroatoms. The summed E-state index contributed by atoms with van der Waals surface area (Å²) in [6.07, 6.45) is 8.06. The van der Waals surface area contributed by atoms with Crippen LogP contribution in [0.1, 0.15) is 50.5 Å². The lowest BCUT2D eigenvalue weighted by atomic mass is 10.1. The van der Waals surface area contributed by atoms with E-state index in [1.807, 2.05) is 0 Å². The van der Waals surface area contributed by atoms with E-state index in [9.17, 15) is 8.42 Å². The van der Waals surface area contributed by atoms with Crippen LogP contribution >= 0.6 is 0 Å². The summed E-state index contributed by atoms with van der Waals surface area (Å²) in [4.78, 5) is 2.42. The highest BCUT2D eigenvalue weighted by Gasteiger charge is 2.27. The summed E-state index contributed by atoms with van der Waals surface area (Å²) in [6, 6.07) is 8.40. The van der Waals surface area contributed by atoms with E-state index >= 15 is 0 Å². The smallest absolute Gasteiger partial charge is 0.282 e. The molecule has 1 aromatic carbocycles. The Hall–Kier alpha value is -1.11. The van der Waals surface area contributed by atoms with Crippen molar-refractivity contribution < 1.29 is 8.42 Å². The second kappa shape index (κ2) is 8.52. The van der Waals surface area contributed by atoms with Gasteiger partial charge in [0.05, 0.1) is 0 Å². The largest absolute Gasteiger partial charge is 0.372 e. The minimum atomic E-state index is -3.36. The topological polar surface area (TPSA) is 43.9 Å². The molecule has 2 aliphatic heterocycles. The summed E-state index contributed by atoms with van der Waals surface area (Å²) in [5, 5.41) is 0. The molecule has 3 rings (SSSR count). The Morgan fingerprint density at radius 2 is 1.36 bits per heavy atom. The van der Waals surface area contributed by atoms with Crippen LogP contribution in [0.25, 0.3) is 0 Å². The highest BCUT2D eigenvalue weighted by Crippen LogP contribution is 2.22. The van der Waals surface area contributed by atoms with Gasteiger partial charge >= 0.3 is 0 Å². The number of anilines is 1. The molecule has 2 aliphatic rings. The number of hydrogen-bond donors (Lipinski definition) is 0. The Bertz CT molecular complexity index is 631. The van der Waals surface area contributed by atoms with Gasteiger partial charge in [0.2, 0.25) is 0 Å². The van der Waals surface area contributed by atoms with Gasteiger partial charge in [0.25, 0.3) is 10.2 Å². The SMILES string of the molecule is CN(Cc1ccc(N2CCCCC2)cc1)S(=O)(=O)N1CCCCCC1. The third-order valence-corrected chi connectivity index (χ3v) is 7.28. The molecular formula is C19H31N3O2S. The van der Waals surface area contributed by atoms with Gasteiger partial charge in [-0.15, -0.1) is 0 Å². The number of benzene rings is 1. The van der Waals surface area contributed by atoms with Crippen LogP contribution in [0.3, 0.4) is 0 Å². The first-order valence-electron chi connectivity index (χ1n) is 9.63. The van der Waals surface area contributed by atoms with E-state index in [-0.39, 0.29) is 0 Å². The van der Waals surface area contributed by atoms with E-state index in [2.05, 4.69) is 29.2 Å². The average molecular weight is 366 g/mol. The fourth-order valence-electron chi connectivity index (χ4n) is 3.77. The van der Waals surface area contributed by atoms with Crippen molar-refractivity contribution in [2.24, 2.45) is 0 Å². The van der Waals surface area contributed by atoms with Crippen LogP contribution in [-0.2, 0) is 16.8 Å². The van der Waals surface area contributed by atoms with Crippen LogP contribution in [0.15, 0.2) is 24.3 Å². The minimum Gasteiger partial charge on any atom is -0.372 e. The van der Waals surface area contributed by atoms with Crippen molar-refractivity contribution in [1.29, 1.82) is 0 Å². The molecule has 0 radical (unpaired) electrons. The minimum absolute atomic E-state index is 0.430. The Balaban J connectivity index is 1.62. The van der Waals surface area contributed by atoms with Crippen LogP contribution in [0.5, 0.6) is 0 Å². The lowest BCUT2D eigenvalue weighted by molar-refractivity contribution is 0.363. The second-order valence-corrected chi connectivity index (χ2v) is 9.33. The normalized spacial score (nSPS) is 20.6. The van der Waals surface area contributed by atoms with Gasteiger partial charge < -0.3 is 4.90 Å². The van der Waals surface area contributed by atoms with Gasteiger partial charge in [-0.2, -0.15) is 17.0 Å². The van der Waals surface area contributed by atoms with Gasteiger partial charge in [-0.1, -0.05) is 25.0 Å². The van der Waals surface area contributed by atoms with Gasteiger partial charge in [0, 0.05) is 45.5 Å². The molecule has 1 aromatic rings. The summed E-state index contributed by atoms with van der Waals surface area (Å²) in [5.74, 6) is 0. The average Bonchev–Trinajstić information content (AvgIpc) is 2.93. The van der Waals surface area contributed by atoms with Crippen molar-refractivity contribution in [3.8, 4) is 0 Å². The molecule has 0 saturated carbocycles. The van der Waals surface area contributed by atoms with Crippen molar-refractivity contribution in [3.63, 3.8) is 0 Å². The van der Waals surface area contributed by atoms with Gasteiger partial charge in [-0.05, 0) is 49.8 Å². The summed E-state index contributed by atoms with van der Waals surface area (Å²) in [7, 11) is -1.66. The lowest BCUT2D eigenvalue weighted by Gasteiger charge is -2.29. The molecule has 2 fully saturated rings. The van der Waals surface area contributed by atoms with E-state index in [0.29, 0.717) is 19.6 Å². The summed E-state index contributed by atoms with van der Waals surface area (Å²) < 4.78 is 28.8. The van der Waals surface area contributed by atoms with Gasteiger partial charge in [-0.3, -0.25) is 0 Å². The van der Waals surface area contributed by atoms with E-state index in [4.69, 9.17) is 0 Å². The zero-order valence-electron chi connectivity index (χ0n) is 15.4. The van der Waals surface area contributed by atoms with E-state index < -0.39 is 10.2 Å². The summed E-state index contributed by atoms with van der Waals surface area (Å²) in [5.41, 5.74) is 2.29. The van der Waals surface area contributed by atoms with Crippen molar-refractivity contribution >= 4 is 15.9 Å². The van der Waals surface area contributed by atoms with Crippen molar-refractivity contribution in [2.45, 2.75) is 51.5 Å². The molecule has 2 heterocycles. The molecule has 0 N–H and O–H groups in total. The van der Waals surface area contributed by atoms with Gasteiger partial charge in [0.1, 0.15) is 0 Å². The number of nitrogens with zero attached hydrogens (tertiary/aromatic N) is 3. The maximum Gasteiger partial charge on any atom is 0.282 e. The van der Waals surface area contributed by atoms with Crippen LogP contribution in [0.2, 0.25) is 0 Å². The molecule has 0 amide bonds. The monoisotopic (exact) mass is 365 g/mol. The molecule has 25 heavy (non-hydrogen) atoms. The molecule has 0 aliphatic carbocycles. The molecular weight excluding hydrogens is 334 g/mol. The standard InChI is InChI=1S/C19H31N3O2S/c1-20(25(23,24)22-15-7-2-3-8-16-22)17-18-9-11-19(12-10-18)21-13-5-4-6-14-21/h9-12H,2-8,13-17H2,1H3. The fraction of sp³-hybridized carbons (Fsp3) is 0.684. The first-order valence-corrected chi connectivity index (χ1v) is 11.0. The van der Waals surface area contributed by atoms with Crippen molar-refractivity contribution in [1.82, 2.24) is 8.61 Å². The number of piperidine rings is 1. The fourth-order valence-corrected chi connectivity index (χ4v) is 5.20. The Kier molecular flexibility index (Phi) is 6.36. The summed E-state index contributed by atoms with van der Waals surface area (Å²) in [6.45, 7) is 3.99. The van der Waals surface area contributed by atoms with Crippen LogP contribution in [0.4, 0.5) is 5.69 Å². The quantitative estimate of drug-likeness (QED) is 0.805.